The number of fused-ring (bicyclic) bond motifs is 2. The molecular weight excluding hydrogens is 415 g/mol. The van der Waals surface area contributed by atoms with Crippen LogP contribution in [0.3, 0.4) is 0 Å². The van der Waals surface area contributed by atoms with Crippen LogP contribution in [0.2, 0.25) is 0 Å². The molecule has 3 heterocycles. The summed E-state index contributed by atoms with van der Waals surface area (Å²) in [6.07, 6.45) is -1.05. The van der Waals surface area contributed by atoms with E-state index in [0.717, 1.165) is 45.7 Å². The molecule has 162 valence electrons. The maximum Gasteiger partial charge on any atom is 0.416 e. The predicted octanol–water partition coefficient (Wildman–Crippen LogP) is 6.39. The molecule has 0 atom stereocenters. The zero-order valence-electron chi connectivity index (χ0n) is 17.7. The van der Waals surface area contributed by atoms with Crippen molar-refractivity contribution in [1.82, 2.24) is 24.6 Å². The van der Waals surface area contributed by atoms with Crippen molar-refractivity contribution in [2.24, 2.45) is 0 Å². The van der Waals surface area contributed by atoms with Gasteiger partial charge in [0.25, 0.3) is 0 Å². The van der Waals surface area contributed by atoms with Crippen LogP contribution >= 0.6 is 0 Å². The Balaban J connectivity index is 1.73. The molecule has 5 nitrogen and oxygen atoms in total. The van der Waals surface area contributed by atoms with Crippen LogP contribution < -0.4 is 0 Å². The van der Waals surface area contributed by atoms with Crippen molar-refractivity contribution in [1.29, 1.82) is 0 Å². The number of H-pyrrole nitrogens is 1. The van der Waals surface area contributed by atoms with Crippen molar-refractivity contribution in [2.75, 3.05) is 0 Å². The first-order chi connectivity index (χ1) is 15.2. The fourth-order valence-electron chi connectivity index (χ4n) is 3.95. The van der Waals surface area contributed by atoms with Gasteiger partial charge in [0.05, 0.1) is 34.4 Å². The molecule has 2 aromatic carbocycles. The van der Waals surface area contributed by atoms with Gasteiger partial charge in [-0.1, -0.05) is 32.0 Å². The summed E-state index contributed by atoms with van der Waals surface area (Å²) in [6, 6.07) is 11.2. The second-order valence-corrected chi connectivity index (χ2v) is 8.16. The molecule has 5 rings (SSSR count). The van der Waals surface area contributed by atoms with Gasteiger partial charge >= 0.3 is 6.18 Å². The molecule has 0 aliphatic carbocycles. The van der Waals surface area contributed by atoms with Gasteiger partial charge in [-0.25, -0.2) is 4.98 Å². The van der Waals surface area contributed by atoms with Crippen molar-refractivity contribution in [3.05, 3.63) is 71.8 Å². The number of nitrogens with one attached hydrogen (secondary N) is 1. The van der Waals surface area contributed by atoms with E-state index in [1.54, 1.807) is 18.5 Å². The molecule has 0 radical (unpaired) electrons. The Morgan fingerprint density at radius 2 is 1.84 bits per heavy atom. The number of hydrogen-bond acceptors (Lipinski definition) is 3. The number of rotatable bonds is 3. The van der Waals surface area contributed by atoms with Gasteiger partial charge in [-0.2, -0.15) is 18.3 Å². The predicted molar refractivity (Wildman–Crippen MR) is 117 cm³/mol. The summed E-state index contributed by atoms with van der Waals surface area (Å²) in [4.78, 5) is 9.17. The van der Waals surface area contributed by atoms with E-state index < -0.39 is 11.7 Å². The summed E-state index contributed by atoms with van der Waals surface area (Å²) in [5.41, 5.74) is 5.37. The molecule has 3 aromatic heterocycles. The van der Waals surface area contributed by atoms with Crippen LogP contribution in [0, 0.1) is 6.92 Å². The van der Waals surface area contributed by atoms with Crippen LogP contribution in [0.4, 0.5) is 13.2 Å². The van der Waals surface area contributed by atoms with Gasteiger partial charge in [0.2, 0.25) is 0 Å². The Hall–Kier alpha value is -3.68. The van der Waals surface area contributed by atoms with E-state index in [-0.39, 0.29) is 5.92 Å². The highest BCUT2D eigenvalue weighted by Crippen LogP contribution is 2.35. The molecule has 0 amide bonds. The third-order valence-electron chi connectivity index (χ3n) is 5.59. The third-order valence-corrected chi connectivity index (χ3v) is 5.59. The maximum absolute atomic E-state index is 13.2. The van der Waals surface area contributed by atoms with E-state index >= 15 is 0 Å². The van der Waals surface area contributed by atoms with Gasteiger partial charge in [0.1, 0.15) is 0 Å². The molecule has 0 bridgehead atoms. The number of aromatic nitrogens is 5. The Morgan fingerprint density at radius 1 is 1.03 bits per heavy atom. The number of nitrogens with zero attached hydrogens (tertiary/aromatic N) is 4. The second kappa shape index (κ2) is 7.19. The zero-order chi connectivity index (χ0) is 22.6. The van der Waals surface area contributed by atoms with Gasteiger partial charge < -0.3 is 0 Å². The smallest absolute Gasteiger partial charge is 0.296 e. The lowest BCUT2D eigenvalue weighted by molar-refractivity contribution is -0.137. The fraction of sp³-hybridized carbons (Fsp3) is 0.208. The number of hydrogen-bond donors (Lipinski definition) is 1. The van der Waals surface area contributed by atoms with Crippen LogP contribution in [0.15, 0.2) is 54.9 Å². The van der Waals surface area contributed by atoms with Crippen molar-refractivity contribution in [3.63, 3.8) is 0 Å². The van der Waals surface area contributed by atoms with E-state index in [1.165, 1.54) is 6.07 Å². The Kier molecular flexibility index (Phi) is 4.54. The van der Waals surface area contributed by atoms with Crippen molar-refractivity contribution in [2.45, 2.75) is 32.9 Å². The molecule has 8 heteroatoms. The summed E-state index contributed by atoms with van der Waals surface area (Å²) >= 11 is 0. The lowest BCUT2D eigenvalue weighted by atomic mass is 10.0. The molecule has 0 fully saturated rings. The molecule has 0 aliphatic rings. The second-order valence-electron chi connectivity index (χ2n) is 8.16. The van der Waals surface area contributed by atoms with E-state index in [2.05, 4.69) is 35.1 Å². The average Bonchev–Trinajstić information content (AvgIpc) is 3.33. The van der Waals surface area contributed by atoms with Crippen LogP contribution in [0.5, 0.6) is 0 Å². The highest BCUT2D eigenvalue weighted by atomic mass is 19.4. The first-order valence-corrected chi connectivity index (χ1v) is 10.2. The van der Waals surface area contributed by atoms with Crippen LogP contribution in [-0.2, 0) is 6.18 Å². The Bertz CT molecular complexity index is 1460. The highest BCUT2D eigenvalue weighted by molar-refractivity contribution is 5.87. The fourth-order valence-corrected chi connectivity index (χ4v) is 3.95. The molecular formula is C24H20F3N5. The molecule has 0 spiro atoms. The average molecular weight is 435 g/mol. The Morgan fingerprint density at radius 3 is 2.59 bits per heavy atom. The van der Waals surface area contributed by atoms with E-state index in [0.29, 0.717) is 16.9 Å². The van der Waals surface area contributed by atoms with Crippen LogP contribution in [-0.4, -0.2) is 24.6 Å². The third kappa shape index (κ3) is 3.32. The lowest BCUT2D eigenvalue weighted by Crippen LogP contribution is -2.04. The monoisotopic (exact) mass is 435 g/mol. The quantitative estimate of drug-likeness (QED) is 0.357. The van der Waals surface area contributed by atoms with Crippen LogP contribution in [0.25, 0.3) is 39.1 Å². The van der Waals surface area contributed by atoms with Gasteiger partial charge in [-0.05, 0) is 37.1 Å². The normalized spacial score (nSPS) is 12.3. The topological polar surface area (TPSA) is 58.9 Å². The number of aryl methyl sites for hydroxylation is 1. The van der Waals surface area contributed by atoms with Crippen molar-refractivity contribution < 1.29 is 13.2 Å². The summed E-state index contributed by atoms with van der Waals surface area (Å²) in [5.74, 6) is 0.142. The van der Waals surface area contributed by atoms with E-state index in [4.69, 9.17) is 4.98 Å². The molecule has 0 aliphatic heterocycles. The molecule has 0 saturated carbocycles. The summed E-state index contributed by atoms with van der Waals surface area (Å²) in [5, 5.41) is 8.30. The maximum atomic E-state index is 13.2. The summed E-state index contributed by atoms with van der Waals surface area (Å²) < 4.78 is 41.5. The first-order valence-electron chi connectivity index (χ1n) is 10.2. The Labute approximate surface area is 182 Å². The van der Waals surface area contributed by atoms with E-state index in [1.807, 2.05) is 23.5 Å². The SMILES string of the molecule is Cc1[nH]nc2ccc(-c3c(C(C)C)nc4cnc(-c5cccc(C(F)(F)F)c5)cn34)cc12. The number of imidazole rings is 1. The van der Waals surface area contributed by atoms with Crippen LogP contribution in [0.1, 0.15) is 36.7 Å². The minimum atomic E-state index is -4.41. The highest BCUT2D eigenvalue weighted by Gasteiger charge is 2.30. The van der Waals surface area contributed by atoms with Gasteiger partial charge in [-0.15, -0.1) is 0 Å². The number of aromatic amines is 1. The number of benzene rings is 2. The van der Waals surface area contributed by atoms with Crippen molar-refractivity contribution >= 4 is 16.6 Å². The van der Waals surface area contributed by atoms with Gasteiger partial charge in [0.15, 0.2) is 5.65 Å². The van der Waals surface area contributed by atoms with E-state index in [9.17, 15) is 13.2 Å². The summed E-state index contributed by atoms with van der Waals surface area (Å²) in [7, 11) is 0. The summed E-state index contributed by atoms with van der Waals surface area (Å²) in [6.45, 7) is 6.09. The standard InChI is InChI=1S/C24H20F3N5/c1-13(2)22-23(16-7-8-19-18(10-16)14(3)30-31-19)32-12-20(28-11-21(32)29-22)15-5-4-6-17(9-15)24(25,26)27/h4-13H,1-3H3,(H,30,31). The molecule has 0 unspecified atom stereocenters. The molecule has 32 heavy (non-hydrogen) atoms. The van der Waals surface area contributed by atoms with Gasteiger partial charge in [-0.3, -0.25) is 14.5 Å². The molecule has 0 saturated heterocycles. The van der Waals surface area contributed by atoms with Crippen molar-refractivity contribution in [3.8, 4) is 22.5 Å². The minimum absolute atomic E-state index is 0.142. The molecule has 1 N–H and O–H groups in total. The lowest BCUT2D eigenvalue weighted by Gasteiger charge is -2.10. The number of alkyl halides is 3. The minimum Gasteiger partial charge on any atom is -0.296 e. The first kappa shape index (κ1) is 20.2. The zero-order valence-corrected chi connectivity index (χ0v) is 17.7. The number of halogens is 3. The van der Waals surface area contributed by atoms with Gasteiger partial charge in [0, 0.05) is 28.4 Å². The molecule has 5 aromatic rings. The largest absolute Gasteiger partial charge is 0.416 e.